The van der Waals surface area contributed by atoms with Crippen LogP contribution in [0.2, 0.25) is 0 Å². The van der Waals surface area contributed by atoms with Gasteiger partial charge in [-0.3, -0.25) is 13.3 Å². The average Bonchev–Trinajstić information content (AvgIpc) is 2.53. The minimum atomic E-state index is -2.51. The van der Waals surface area contributed by atoms with E-state index in [4.69, 9.17) is 0 Å². The van der Waals surface area contributed by atoms with Gasteiger partial charge in [-0.2, -0.15) is 0 Å². The summed E-state index contributed by atoms with van der Waals surface area (Å²) in [5.74, 6) is -0.352. The summed E-state index contributed by atoms with van der Waals surface area (Å²) in [6.07, 6.45) is 0. The van der Waals surface area contributed by atoms with E-state index in [1.807, 2.05) is 38.1 Å². The number of hydrogen-bond acceptors (Lipinski definition) is 3. The van der Waals surface area contributed by atoms with Crippen LogP contribution in [0.1, 0.15) is 16.7 Å². The lowest BCUT2D eigenvalue weighted by atomic mass is 10.1. The molecule has 1 atom stereocenters. The maximum atomic E-state index is 12.0. The molecule has 0 aliphatic carbocycles. The molecule has 23 heavy (non-hydrogen) atoms. The topological polar surface area (TPSA) is 72.5 Å². The molecule has 0 spiro atoms. The molecule has 122 valence electrons. The van der Waals surface area contributed by atoms with Gasteiger partial charge in [-0.25, -0.2) is 0 Å². The fourth-order valence-electron chi connectivity index (χ4n) is 2.03. The SMILES string of the molecule is Cc1ccc(CNC(=O)CN(c2ccc(C)cc2)S(=O)[O-])cc1. The lowest BCUT2D eigenvalue weighted by Gasteiger charge is -2.25. The molecule has 1 amide bonds. The van der Waals surface area contributed by atoms with Gasteiger partial charge in [-0.05, 0) is 31.5 Å². The Bertz CT molecular complexity index is 684. The third-order valence-electron chi connectivity index (χ3n) is 3.40. The molecule has 0 aromatic heterocycles. The summed E-state index contributed by atoms with van der Waals surface area (Å²) in [6.45, 7) is 4.03. The molecule has 0 saturated carbocycles. The molecule has 5 nitrogen and oxygen atoms in total. The van der Waals surface area contributed by atoms with Crippen LogP contribution in [0.5, 0.6) is 0 Å². The van der Waals surface area contributed by atoms with E-state index in [-0.39, 0.29) is 12.5 Å². The van der Waals surface area contributed by atoms with Gasteiger partial charge in [0.25, 0.3) is 0 Å². The van der Waals surface area contributed by atoms with Crippen molar-refractivity contribution in [1.82, 2.24) is 5.32 Å². The molecule has 6 heteroatoms. The van der Waals surface area contributed by atoms with Gasteiger partial charge in [0.2, 0.25) is 5.91 Å². The average molecular weight is 331 g/mol. The van der Waals surface area contributed by atoms with E-state index < -0.39 is 11.3 Å². The zero-order chi connectivity index (χ0) is 16.8. The Labute approximate surface area is 138 Å². The Morgan fingerprint density at radius 3 is 2.09 bits per heavy atom. The van der Waals surface area contributed by atoms with Crippen LogP contribution in [0.3, 0.4) is 0 Å². The summed E-state index contributed by atoms with van der Waals surface area (Å²) in [7, 11) is 0. The molecular weight excluding hydrogens is 312 g/mol. The Kier molecular flexibility index (Phi) is 5.90. The highest BCUT2D eigenvalue weighted by Gasteiger charge is 2.12. The van der Waals surface area contributed by atoms with Gasteiger partial charge in [-0.1, -0.05) is 47.5 Å². The molecule has 1 unspecified atom stereocenters. The molecule has 2 aromatic carbocycles. The highest BCUT2D eigenvalue weighted by molar-refractivity contribution is 7.80. The number of amides is 1. The fraction of sp³-hybridized carbons (Fsp3) is 0.235. The molecule has 0 aliphatic rings. The van der Waals surface area contributed by atoms with Crippen molar-refractivity contribution >= 4 is 22.9 Å². The zero-order valence-electron chi connectivity index (χ0n) is 13.1. The maximum absolute atomic E-state index is 12.0. The largest absolute Gasteiger partial charge is 0.755 e. The van der Waals surface area contributed by atoms with Crippen LogP contribution in [-0.2, 0) is 22.6 Å². The minimum Gasteiger partial charge on any atom is -0.755 e. The number of nitrogens with zero attached hydrogens (tertiary/aromatic N) is 1. The lowest BCUT2D eigenvalue weighted by Crippen LogP contribution is -2.38. The van der Waals surface area contributed by atoms with Crippen LogP contribution in [0, 0.1) is 13.8 Å². The quantitative estimate of drug-likeness (QED) is 0.825. The number of anilines is 1. The molecule has 0 bridgehead atoms. The summed E-state index contributed by atoms with van der Waals surface area (Å²) in [6, 6.07) is 14.8. The molecule has 0 radical (unpaired) electrons. The van der Waals surface area contributed by atoms with Gasteiger partial charge in [0.15, 0.2) is 0 Å². The first-order valence-electron chi connectivity index (χ1n) is 7.21. The van der Waals surface area contributed by atoms with E-state index in [9.17, 15) is 13.6 Å². The maximum Gasteiger partial charge on any atom is 0.240 e. The molecule has 0 fully saturated rings. The predicted molar refractivity (Wildman–Crippen MR) is 90.5 cm³/mol. The number of benzene rings is 2. The summed E-state index contributed by atoms with van der Waals surface area (Å²) >= 11 is -2.51. The number of carbonyl (C=O) groups is 1. The van der Waals surface area contributed by atoms with Crippen molar-refractivity contribution in [1.29, 1.82) is 0 Å². The van der Waals surface area contributed by atoms with E-state index in [1.54, 1.807) is 24.3 Å². The van der Waals surface area contributed by atoms with Crippen LogP contribution in [0.15, 0.2) is 48.5 Å². The molecule has 1 N–H and O–H groups in total. The van der Waals surface area contributed by atoms with E-state index in [0.717, 1.165) is 21.0 Å². The summed E-state index contributed by atoms with van der Waals surface area (Å²) in [5, 5.41) is 2.73. The van der Waals surface area contributed by atoms with Crippen molar-refractivity contribution in [3.8, 4) is 0 Å². The highest BCUT2D eigenvalue weighted by atomic mass is 32.2. The number of rotatable bonds is 6. The van der Waals surface area contributed by atoms with Gasteiger partial charge in [0.1, 0.15) is 6.54 Å². The zero-order valence-corrected chi connectivity index (χ0v) is 13.9. The van der Waals surface area contributed by atoms with Crippen LogP contribution >= 0.6 is 0 Å². The summed E-state index contributed by atoms with van der Waals surface area (Å²) in [4.78, 5) is 12.0. The standard InChI is InChI=1S/C17H20N2O3S/c1-13-3-7-15(8-4-13)11-18-17(20)12-19(23(21)22)16-9-5-14(2)6-10-16/h3-10H,11-12H2,1-2H3,(H,18,20)(H,21,22)/p-1. The van der Waals surface area contributed by atoms with Crippen molar-refractivity contribution in [2.75, 3.05) is 10.8 Å². The van der Waals surface area contributed by atoms with Crippen LogP contribution < -0.4 is 9.62 Å². The molecular formula is C17H19N2O3S-. The number of nitrogens with one attached hydrogen (secondary N) is 1. The Morgan fingerprint density at radius 1 is 1.04 bits per heavy atom. The van der Waals surface area contributed by atoms with Gasteiger partial charge in [0, 0.05) is 23.5 Å². The molecule has 0 saturated heterocycles. The Morgan fingerprint density at radius 2 is 1.57 bits per heavy atom. The van der Waals surface area contributed by atoms with Crippen molar-refractivity contribution in [3.05, 3.63) is 65.2 Å². The molecule has 2 rings (SSSR count). The van der Waals surface area contributed by atoms with Gasteiger partial charge >= 0.3 is 0 Å². The van der Waals surface area contributed by atoms with Crippen molar-refractivity contribution in [2.45, 2.75) is 20.4 Å². The fourth-order valence-corrected chi connectivity index (χ4v) is 2.55. The second kappa shape index (κ2) is 7.89. The normalized spacial score (nSPS) is 11.8. The smallest absolute Gasteiger partial charge is 0.240 e. The monoisotopic (exact) mass is 331 g/mol. The van der Waals surface area contributed by atoms with Crippen LogP contribution in [0.4, 0.5) is 5.69 Å². The second-order valence-corrected chi connectivity index (χ2v) is 6.23. The minimum absolute atomic E-state index is 0.245. The van der Waals surface area contributed by atoms with Gasteiger partial charge in [0.05, 0.1) is 0 Å². The number of hydrogen-bond donors (Lipinski definition) is 1. The second-order valence-electron chi connectivity index (χ2n) is 5.35. The first-order valence-corrected chi connectivity index (χ1v) is 8.25. The van der Waals surface area contributed by atoms with E-state index >= 15 is 0 Å². The third-order valence-corrected chi connectivity index (χ3v) is 4.10. The Balaban J connectivity index is 1.96. The first kappa shape index (κ1) is 17.2. The number of aryl methyl sites for hydroxylation is 2. The van der Waals surface area contributed by atoms with Gasteiger partial charge in [-0.15, -0.1) is 0 Å². The highest BCUT2D eigenvalue weighted by Crippen LogP contribution is 2.16. The molecule has 0 aliphatic heterocycles. The lowest BCUT2D eigenvalue weighted by molar-refractivity contribution is -0.119. The first-order chi connectivity index (χ1) is 11.0. The van der Waals surface area contributed by atoms with Crippen molar-refractivity contribution in [3.63, 3.8) is 0 Å². The molecule has 2 aromatic rings. The van der Waals surface area contributed by atoms with E-state index in [0.29, 0.717) is 12.2 Å². The van der Waals surface area contributed by atoms with Gasteiger partial charge < -0.3 is 9.87 Å². The van der Waals surface area contributed by atoms with E-state index in [1.165, 1.54) is 0 Å². The van der Waals surface area contributed by atoms with Crippen molar-refractivity contribution in [2.24, 2.45) is 0 Å². The van der Waals surface area contributed by atoms with Crippen molar-refractivity contribution < 1.29 is 13.6 Å². The Hall–Kier alpha value is -2.18. The molecule has 0 heterocycles. The summed E-state index contributed by atoms with van der Waals surface area (Å²) < 4.78 is 23.8. The number of carbonyl (C=O) groups excluding carboxylic acids is 1. The van der Waals surface area contributed by atoms with Crippen LogP contribution in [0.25, 0.3) is 0 Å². The summed E-state index contributed by atoms with van der Waals surface area (Å²) in [5.41, 5.74) is 3.60. The van der Waals surface area contributed by atoms with E-state index in [2.05, 4.69) is 5.32 Å². The predicted octanol–water partition coefficient (Wildman–Crippen LogP) is 2.22. The third kappa shape index (κ3) is 5.19. The van der Waals surface area contributed by atoms with Crippen LogP contribution in [-0.4, -0.2) is 21.2 Å².